The molecular formula is C24H29N3O4. The standard InChI is InChI=1S/C24H29N3O4/c1-17(2)12-13-31-21-11-7-6-10-20(21)24(30)26-25-23(29)19-14-22(28)27(16-19)15-18-8-4-3-5-9-18/h3-11,17,19H,12-16H2,1-2H3,(H,25,29)(H,26,30). The van der Waals surface area contributed by atoms with Crippen LogP contribution in [0.15, 0.2) is 54.6 Å². The maximum absolute atomic E-state index is 12.6. The molecule has 1 fully saturated rings. The summed E-state index contributed by atoms with van der Waals surface area (Å²) in [6.07, 6.45) is 1.01. The molecule has 7 heteroatoms. The van der Waals surface area contributed by atoms with E-state index in [2.05, 4.69) is 24.7 Å². The lowest BCUT2D eigenvalue weighted by molar-refractivity contribution is -0.129. The molecular weight excluding hydrogens is 394 g/mol. The third-order valence-corrected chi connectivity index (χ3v) is 5.19. The minimum absolute atomic E-state index is 0.0702. The topological polar surface area (TPSA) is 87.7 Å². The van der Waals surface area contributed by atoms with Gasteiger partial charge in [0.2, 0.25) is 11.8 Å². The van der Waals surface area contributed by atoms with Crippen molar-refractivity contribution < 1.29 is 19.1 Å². The molecule has 1 aliphatic rings. The molecule has 3 rings (SSSR count). The van der Waals surface area contributed by atoms with Gasteiger partial charge in [0, 0.05) is 19.5 Å². The lowest BCUT2D eigenvalue weighted by Gasteiger charge is -2.17. The fraction of sp³-hybridized carbons (Fsp3) is 0.375. The van der Waals surface area contributed by atoms with E-state index in [1.807, 2.05) is 30.3 Å². The first-order chi connectivity index (χ1) is 14.9. The summed E-state index contributed by atoms with van der Waals surface area (Å²) in [7, 11) is 0. The third-order valence-electron chi connectivity index (χ3n) is 5.19. The molecule has 0 aliphatic carbocycles. The number of nitrogens with zero attached hydrogens (tertiary/aromatic N) is 1. The highest BCUT2D eigenvalue weighted by Crippen LogP contribution is 2.21. The van der Waals surface area contributed by atoms with Crippen LogP contribution in [0.25, 0.3) is 0 Å². The molecule has 0 saturated carbocycles. The van der Waals surface area contributed by atoms with Crippen LogP contribution >= 0.6 is 0 Å². The molecule has 3 amide bonds. The number of rotatable bonds is 8. The molecule has 164 valence electrons. The molecule has 1 atom stereocenters. The van der Waals surface area contributed by atoms with Gasteiger partial charge in [-0.1, -0.05) is 56.3 Å². The second-order valence-electron chi connectivity index (χ2n) is 8.13. The number of carbonyl (C=O) groups excluding carboxylic acids is 3. The summed E-state index contributed by atoms with van der Waals surface area (Å²) < 4.78 is 5.74. The highest BCUT2D eigenvalue weighted by atomic mass is 16.5. The van der Waals surface area contributed by atoms with E-state index < -0.39 is 11.8 Å². The number of carbonyl (C=O) groups is 3. The van der Waals surface area contributed by atoms with Gasteiger partial charge in [0.05, 0.1) is 18.1 Å². The Morgan fingerprint density at radius 1 is 1.06 bits per heavy atom. The fourth-order valence-corrected chi connectivity index (χ4v) is 3.38. The van der Waals surface area contributed by atoms with Gasteiger partial charge in [-0.15, -0.1) is 0 Å². The summed E-state index contributed by atoms with van der Waals surface area (Å²) >= 11 is 0. The Kier molecular flexibility index (Phi) is 7.65. The van der Waals surface area contributed by atoms with Crippen molar-refractivity contribution >= 4 is 17.7 Å². The zero-order valence-electron chi connectivity index (χ0n) is 18.0. The van der Waals surface area contributed by atoms with Crippen molar-refractivity contribution in [3.63, 3.8) is 0 Å². The fourth-order valence-electron chi connectivity index (χ4n) is 3.38. The lowest BCUT2D eigenvalue weighted by atomic mass is 10.1. The highest BCUT2D eigenvalue weighted by molar-refractivity contribution is 5.98. The molecule has 0 spiro atoms. The van der Waals surface area contributed by atoms with E-state index in [4.69, 9.17) is 4.74 Å². The van der Waals surface area contributed by atoms with Gasteiger partial charge < -0.3 is 9.64 Å². The SMILES string of the molecule is CC(C)CCOc1ccccc1C(=O)NNC(=O)C1CC(=O)N(Cc2ccccc2)C1. The van der Waals surface area contributed by atoms with E-state index in [1.54, 1.807) is 29.2 Å². The molecule has 7 nitrogen and oxygen atoms in total. The molecule has 1 aliphatic heterocycles. The van der Waals surface area contributed by atoms with Crippen molar-refractivity contribution in [3.05, 3.63) is 65.7 Å². The molecule has 2 N–H and O–H groups in total. The van der Waals surface area contributed by atoms with Crippen molar-refractivity contribution in [3.8, 4) is 5.75 Å². The average molecular weight is 424 g/mol. The van der Waals surface area contributed by atoms with E-state index >= 15 is 0 Å². The van der Waals surface area contributed by atoms with Crippen molar-refractivity contribution in [2.45, 2.75) is 33.2 Å². The Balaban J connectivity index is 1.52. The zero-order chi connectivity index (χ0) is 22.2. The minimum atomic E-state index is -0.506. The summed E-state index contributed by atoms with van der Waals surface area (Å²) in [5.74, 6) is -0.446. The Morgan fingerprint density at radius 2 is 1.77 bits per heavy atom. The minimum Gasteiger partial charge on any atom is -0.493 e. The third kappa shape index (κ3) is 6.31. The van der Waals surface area contributed by atoms with Gasteiger partial charge >= 0.3 is 0 Å². The number of hydrazine groups is 1. The van der Waals surface area contributed by atoms with Crippen LogP contribution in [-0.2, 0) is 16.1 Å². The van der Waals surface area contributed by atoms with E-state index in [0.717, 1.165) is 12.0 Å². The van der Waals surface area contributed by atoms with E-state index in [0.29, 0.717) is 36.9 Å². The maximum Gasteiger partial charge on any atom is 0.273 e. The van der Waals surface area contributed by atoms with Gasteiger partial charge in [-0.2, -0.15) is 0 Å². The molecule has 1 saturated heterocycles. The number of ether oxygens (including phenoxy) is 1. The quantitative estimate of drug-likeness (QED) is 0.639. The number of amides is 3. The monoisotopic (exact) mass is 423 g/mol. The number of nitrogens with one attached hydrogen (secondary N) is 2. The first-order valence-corrected chi connectivity index (χ1v) is 10.6. The van der Waals surface area contributed by atoms with Crippen molar-refractivity contribution in [1.82, 2.24) is 15.8 Å². The lowest BCUT2D eigenvalue weighted by Crippen LogP contribution is -2.45. The van der Waals surface area contributed by atoms with Gasteiger partial charge in [0.1, 0.15) is 5.75 Å². The van der Waals surface area contributed by atoms with Crippen LogP contribution < -0.4 is 15.6 Å². The first kappa shape index (κ1) is 22.3. The van der Waals surface area contributed by atoms with Crippen LogP contribution in [0.4, 0.5) is 0 Å². The zero-order valence-corrected chi connectivity index (χ0v) is 18.0. The van der Waals surface area contributed by atoms with Crippen LogP contribution in [0.5, 0.6) is 5.75 Å². The molecule has 31 heavy (non-hydrogen) atoms. The molecule has 0 bridgehead atoms. The summed E-state index contributed by atoms with van der Waals surface area (Å²) in [5.41, 5.74) is 6.26. The highest BCUT2D eigenvalue weighted by Gasteiger charge is 2.34. The Morgan fingerprint density at radius 3 is 2.52 bits per heavy atom. The summed E-state index contributed by atoms with van der Waals surface area (Å²) in [4.78, 5) is 39.0. The van der Waals surface area contributed by atoms with E-state index in [9.17, 15) is 14.4 Å². The van der Waals surface area contributed by atoms with Crippen LogP contribution in [0.1, 0.15) is 42.6 Å². The Bertz CT molecular complexity index is 914. The number of hydrogen-bond donors (Lipinski definition) is 2. The number of para-hydroxylation sites is 1. The van der Waals surface area contributed by atoms with E-state index in [-0.39, 0.29) is 18.2 Å². The van der Waals surface area contributed by atoms with Crippen LogP contribution in [0.3, 0.4) is 0 Å². The molecule has 2 aromatic rings. The Hall–Kier alpha value is -3.35. The normalized spacial score (nSPS) is 15.8. The average Bonchev–Trinajstić information content (AvgIpc) is 3.13. The van der Waals surface area contributed by atoms with Crippen molar-refractivity contribution in [1.29, 1.82) is 0 Å². The largest absolute Gasteiger partial charge is 0.493 e. The predicted molar refractivity (Wildman–Crippen MR) is 117 cm³/mol. The Labute approximate surface area is 182 Å². The second-order valence-corrected chi connectivity index (χ2v) is 8.13. The molecule has 2 aromatic carbocycles. The summed E-state index contributed by atoms with van der Waals surface area (Å²) in [6.45, 7) is 5.51. The molecule has 0 radical (unpaired) electrons. The molecule has 0 aromatic heterocycles. The number of hydrogen-bond acceptors (Lipinski definition) is 4. The number of likely N-dealkylation sites (tertiary alicyclic amines) is 1. The van der Waals surface area contributed by atoms with Crippen LogP contribution in [-0.4, -0.2) is 35.8 Å². The van der Waals surface area contributed by atoms with Crippen LogP contribution in [0, 0.1) is 11.8 Å². The molecule has 1 unspecified atom stereocenters. The van der Waals surface area contributed by atoms with E-state index in [1.165, 1.54) is 0 Å². The summed E-state index contributed by atoms with van der Waals surface area (Å²) in [5, 5.41) is 0. The smallest absolute Gasteiger partial charge is 0.273 e. The van der Waals surface area contributed by atoms with Gasteiger partial charge in [-0.3, -0.25) is 25.2 Å². The van der Waals surface area contributed by atoms with Crippen molar-refractivity contribution in [2.24, 2.45) is 11.8 Å². The van der Waals surface area contributed by atoms with Gasteiger partial charge in [0.25, 0.3) is 5.91 Å². The van der Waals surface area contributed by atoms with Gasteiger partial charge in [-0.25, -0.2) is 0 Å². The number of benzene rings is 2. The first-order valence-electron chi connectivity index (χ1n) is 10.6. The summed E-state index contributed by atoms with van der Waals surface area (Å²) in [6, 6.07) is 16.6. The maximum atomic E-state index is 12.6. The van der Waals surface area contributed by atoms with Crippen LogP contribution in [0.2, 0.25) is 0 Å². The predicted octanol–water partition coefficient (Wildman–Crippen LogP) is 2.92. The van der Waals surface area contributed by atoms with Crippen molar-refractivity contribution in [2.75, 3.05) is 13.2 Å². The molecule has 1 heterocycles. The van der Waals surface area contributed by atoms with Gasteiger partial charge in [0.15, 0.2) is 0 Å². The van der Waals surface area contributed by atoms with Gasteiger partial charge in [-0.05, 0) is 30.0 Å². The second kappa shape index (κ2) is 10.6.